The van der Waals surface area contributed by atoms with E-state index in [-0.39, 0.29) is 11.9 Å². The molecule has 0 aliphatic carbocycles. The molecule has 0 saturated carbocycles. The number of carbonyl (C=O) groups is 1. The second kappa shape index (κ2) is 4.72. The van der Waals surface area contributed by atoms with Crippen LogP contribution in [0.4, 0.5) is 0 Å². The number of esters is 1. The fraction of sp³-hybridized carbons (Fsp3) is 0.231. The second-order valence-electron chi connectivity index (χ2n) is 3.83. The van der Waals surface area contributed by atoms with Crippen LogP contribution in [0.5, 0.6) is 0 Å². The predicted octanol–water partition coefficient (Wildman–Crippen LogP) is 3.16. The number of rotatable bonds is 2. The summed E-state index contributed by atoms with van der Waals surface area (Å²) in [7, 11) is 1.38. The van der Waals surface area contributed by atoms with Crippen LogP contribution in [0.1, 0.15) is 18.4 Å². The number of fused-ring (bicyclic) bond motifs is 1. The number of hydrogen-bond donors (Lipinski definition) is 0. The van der Waals surface area contributed by atoms with Gasteiger partial charge in [0.15, 0.2) is 0 Å². The van der Waals surface area contributed by atoms with E-state index in [1.807, 2.05) is 24.3 Å². The third-order valence-electron chi connectivity index (χ3n) is 2.80. The number of carbonyl (C=O) groups excluding carboxylic acids is 1. The highest BCUT2D eigenvalue weighted by atomic mass is 35.5. The van der Waals surface area contributed by atoms with Crippen molar-refractivity contribution in [3.63, 3.8) is 0 Å². The molecule has 3 nitrogen and oxygen atoms in total. The third-order valence-corrected chi connectivity index (χ3v) is 3.10. The van der Waals surface area contributed by atoms with Crippen molar-refractivity contribution in [1.29, 1.82) is 0 Å². The van der Waals surface area contributed by atoms with Crippen LogP contribution in [0.3, 0.4) is 0 Å². The van der Waals surface area contributed by atoms with Crippen LogP contribution in [0.2, 0.25) is 5.15 Å². The number of benzene rings is 1. The number of hydrogen-bond acceptors (Lipinski definition) is 3. The summed E-state index contributed by atoms with van der Waals surface area (Å²) in [6.45, 7) is 1.80. The average molecular weight is 250 g/mol. The molecule has 1 heterocycles. The molecule has 0 aliphatic rings. The lowest BCUT2D eigenvalue weighted by Gasteiger charge is -2.10. The van der Waals surface area contributed by atoms with Crippen LogP contribution in [0.15, 0.2) is 30.5 Å². The number of halogens is 1. The van der Waals surface area contributed by atoms with E-state index in [9.17, 15) is 4.79 Å². The Labute approximate surface area is 104 Å². The van der Waals surface area contributed by atoms with Crippen LogP contribution in [-0.4, -0.2) is 18.1 Å². The monoisotopic (exact) mass is 249 g/mol. The van der Waals surface area contributed by atoms with Crippen molar-refractivity contribution in [3.8, 4) is 0 Å². The fourth-order valence-electron chi connectivity index (χ4n) is 1.73. The molecule has 0 amide bonds. The Morgan fingerprint density at radius 1 is 1.41 bits per heavy atom. The van der Waals surface area contributed by atoms with Crippen molar-refractivity contribution in [3.05, 3.63) is 41.2 Å². The molecule has 4 heteroatoms. The topological polar surface area (TPSA) is 39.2 Å². The van der Waals surface area contributed by atoms with E-state index in [0.29, 0.717) is 5.15 Å². The first kappa shape index (κ1) is 11.9. The smallest absolute Gasteiger partial charge is 0.312 e. The Kier molecular flexibility index (Phi) is 3.29. The van der Waals surface area contributed by atoms with Gasteiger partial charge < -0.3 is 4.74 Å². The van der Waals surface area contributed by atoms with Crippen LogP contribution in [0.25, 0.3) is 10.8 Å². The van der Waals surface area contributed by atoms with Crippen molar-refractivity contribution >= 4 is 28.3 Å². The Morgan fingerprint density at radius 3 is 2.88 bits per heavy atom. The minimum absolute atomic E-state index is 0.260. The summed E-state index contributed by atoms with van der Waals surface area (Å²) in [6.07, 6.45) is 1.66. The number of ether oxygens (including phenoxy) is 1. The summed E-state index contributed by atoms with van der Waals surface area (Å²) >= 11 is 6.02. The number of nitrogens with zero attached hydrogens (tertiary/aromatic N) is 1. The zero-order valence-electron chi connectivity index (χ0n) is 9.61. The largest absolute Gasteiger partial charge is 0.469 e. The highest BCUT2D eigenvalue weighted by Gasteiger charge is 2.16. The van der Waals surface area contributed by atoms with Crippen molar-refractivity contribution in [2.24, 2.45) is 0 Å². The molecule has 0 radical (unpaired) electrons. The summed E-state index contributed by atoms with van der Waals surface area (Å²) in [5.74, 6) is -0.565. The van der Waals surface area contributed by atoms with Gasteiger partial charge in [-0.25, -0.2) is 4.98 Å². The minimum atomic E-state index is -0.305. The minimum Gasteiger partial charge on any atom is -0.469 e. The summed E-state index contributed by atoms with van der Waals surface area (Å²) in [5, 5.41) is 2.30. The van der Waals surface area contributed by atoms with Gasteiger partial charge in [0.25, 0.3) is 0 Å². The highest BCUT2D eigenvalue weighted by Crippen LogP contribution is 2.26. The van der Waals surface area contributed by atoms with Gasteiger partial charge in [-0.2, -0.15) is 0 Å². The second-order valence-corrected chi connectivity index (χ2v) is 4.19. The van der Waals surface area contributed by atoms with E-state index >= 15 is 0 Å². The molecule has 2 aromatic rings. The van der Waals surface area contributed by atoms with E-state index in [0.717, 1.165) is 16.3 Å². The SMILES string of the molecule is COC(=O)C(C)c1ccc2ccnc(Cl)c2c1. The lowest BCUT2D eigenvalue weighted by molar-refractivity contribution is -0.141. The van der Waals surface area contributed by atoms with Crippen molar-refractivity contribution in [1.82, 2.24) is 4.98 Å². The van der Waals surface area contributed by atoms with Gasteiger partial charge in [-0.3, -0.25) is 4.79 Å². The van der Waals surface area contributed by atoms with Gasteiger partial charge in [0.1, 0.15) is 5.15 Å². The molecule has 1 atom stereocenters. The molecule has 0 aliphatic heterocycles. The molecule has 0 spiro atoms. The van der Waals surface area contributed by atoms with Gasteiger partial charge in [0.2, 0.25) is 0 Å². The lowest BCUT2D eigenvalue weighted by Crippen LogP contribution is -2.10. The Morgan fingerprint density at radius 2 is 2.18 bits per heavy atom. The molecule has 2 rings (SSSR count). The zero-order valence-corrected chi connectivity index (χ0v) is 10.4. The molecule has 88 valence electrons. The van der Waals surface area contributed by atoms with Gasteiger partial charge in [-0.05, 0) is 30.0 Å². The van der Waals surface area contributed by atoms with Gasteiger partial charge in [0.05, 0.1) is 13.0 Å². The van der Waals surface area contributed by atoms with Gasteiger partial charge in [0, 0.05) is 11.6 Å². The van der Waals surface area contributed by atoms with Gasteiger partial charge in [-0.1, -0.05) is 23.7 Å². The first-order valence-corrected chi connectivity index (χ1v) is 5.63. The number of pyridine rings is 1. The molecular formula is C13H12ClNO2. The maximum Gasteiger partial charge on any atom is 0.312 e. The lowest BCUT2D eigenvalue weighted by atomic mass is 9.99. The fourth-order valence-corrected chi connectivity index (χ4v) is 1.95. The molecule has 1 aromatic heterocycles. The quantitative estimate of drug-likeness (QED) is 0.606. The maximum atomic E-state index is 11.5. The summed E-state index contributed by atoms with van der Waals surface area (Å²) < 4.78 is 4.72. The molecule has 0 saturated heterocycles. The third kappa shape index (κ3) is 2.24. The molecule has 0 N–H and O–H groups in total. The summed E-state index contributed by atoms with van der Waals surface area (Å²) in [6, 6.07) is 7.60. The number of methoxy groups -OCH3 is 1. The van der Waals surface area contributed by atoms with Gasteiger partial charge >= 0.3 is 5.97 Å². The van der Waals surface area contributed by atoms with E-state index in [1.165, 1.54) is 7.11 Å². The maximum absolute atomic E-state index is 11.5. The van der Waals surface area contributed by atoms with E-state index in [1.54, 1.807) is 13.1 Å². The predicted molar refractivity (Wildman–Crippen MR) is 67.2 cm³/mol. The zero-order chi connectivity index (χ0) is 12.4. The van der Waals surface area contributed by atoms with Gasteiger partial charge in [-0.15, -0.1) is 0 Å². The van der Waals surface area contributed by atoms with E-state index in [4.69, 9.17) is 16.3 Å². The standard InChI is InChI=1S/C13H12ClNO2/c1-8(13(16)17-2)10-4-3-9-5-6-15-12(14)11(9)7-10/h3-8H,1-2H3. The molecule has 0 fully saturated rings. The van der Waals surface area contributed by atoms with Crippen molar-refractivity contribution in [2.75, 3.05) is 7.11 Å². The molecule has 0 bridgehead atoms. The normalized spacial score (nSPS) is 12.4. The Bertz CT molecular complexity index is 568. The Hall–Kier alpha value is -1.61. The van der Waals surface area contributed by atoms with Crippen LogP contribution in [0, 0.1) is 0 Å². The molecular weight excluding hydrogens is 238 g/mol. The van der Waals surface area contributed by atoms with Crippen molar-refractivity contribution < 1.29 is 9.53 Å². The number of aromatic nitrogens is 1. The van der Waals surface area contributed by atoms with E-state index < -0.39 is 0 Å². The first-order chi connectivity index (χ1) is 8.13. The molecule has 17 heavy (non-hydrogen) atoms. The first-order valence-electron chi connectivity index (χ1n) is 5.25. The molecule has 1 unspecified atom stereocenters. The summed E-state index contributed by atoms with van der Waals surface area (Å²) in [4.78, 5) is 15.5. The highest BCUT2D eigenvalue weighted by molar-refractivity contribution is 6.34. The van der Waals surface area contributed by atoms with E-state index in [2.05, 4.69) is 4.98 Å². The Balaban J connectivity index is 2.51. The molecule has 1 aromatic carbocycles. The van der Waals surface area contributed by atoms with Crippen LogP contribution >= 0.6 is 11.6 Å². The van der Waals surface area contributed by atoms with Crippen molar-refractivity contribution in [2.45, 2.75) is 12.8 Å². The van der Waals surface area contributed by atoms with Crippen LogP contribution < -0.4 is 0 Å². The average Bonchev–Trinajstić information content (AvgIpc) is 2.37. The van der Waals surface area contributed by atoms with Crippen LogP contribution in [-0.2, 0) is 9.53 Å². The summed E-state index contributed by atoms with van der Waals surface area (Å²) in [5.41, 5.74) is 0.874.